The van der Waals surface area contributed by atoms with Crippen LogP contribution in [-0.2, 0) is 4.74 Å². The van der Waals surface area contributed by atoms with Crippen molar-refractivity contribution < 1.29 is 4.74 Å². The third-order valence-electron chi connectivity index (χ3n) is 4.36. The Bertz CT molecular complexity index is 900. The predicted molar refractivity (Wildman–Crippen MR) is 103 cm³/mol. The number of hydrogen-bond acceptors (Lipinski definition) is 1. The number of rotatable bonds is 5. The van der Waals surface area contributed by atoms with Crippen LogP contribution in [0.1, 0.15) is 22.8 Å². The van der Waals surface area contributed by atoms with Crippen molar-refractivity contribution >= 4 is 10.8 Å². The van der Waals surface area contributed by atoms with E-state index in [2.05, 4.69) is 66.7 Å². The minimum atomic E-state index is -0.124. The monoisotopic (exact) mass is 323 g/mol. The van der Waals surface area contributed by atoms with E-state index in [1.165, 1.54) is 10.8 Å². The van der Waals surface area contributed by atoms with Crippen LogP contribution in [-0.4, -0.2) is 0 Å². The van der Waals surface area contributed by atoms with Crippen LogP contribution in [0.15, 0.2) is 103 Å². The highest BCUT2D eigenvalue weighted by Gasteiger charge is 2.15. The standard InChI is InChI=1S/C24H19O/c1-3-11-20(12-4-1)24(21-13-5-2-6-14-21)25-18-22-16-9-15-19-10-7-8-17-23(19)22/h1-18,24H. The largest absolute Gasteiger partial charge is 0.358 e. The zero-order valence-corrected chi connectivity index (χ0v) is 13.9. The Labute approximate surface area is 148 Å². The second kappa shape index (κ2) is 7.33. The van der Waals surface area contributed by atoms with Crippen molar-refractivity contribution in [1.82, 2.24) is 0 Å². The molecule has 1 heteroatoms. The molecule has 121 valence electrons. The van der Waals surface area contributed by atoms with E-state index in [0.29, 0.717) is 0 Å². The molecule has 4 aromatic carbocycles. The molecule has 0 unspecified atom stereocenters. The maximum atomic E-state index is 6.28. The topological polar surface area (TPSA) is 9.23 Å². The maximum absolute atomic E-state index is 6.28. The van der Waals surface area contributed by atoms with Gasteiger partial charge in [-0.2, -0.15) is 0 Å². The van der Waals surface area contributed by atoms with E-state index in [9.17, 15) is 0 Å². The first-order chi connectivity index (χ1) is 12.4. The normalized spacial score (nSPS) is 11.1. The second-order valence-electron chi connectivity index (χ2n) is 6.02. The van der Waals surface area contributed by atoms with E-state index in [1.807, 2.05) is 43.0 Å². The summed E-state index contributed by atoms with van der Waals surface area (Å²) in [6, 6.07) is 35.3. The summed E-state index contributed by atoms with van der Waals surface area (Å²) in [5.41, 5.74) is 3.38. The maximum Gasteiger partial charge on any atom is 0.115 e. The van der Waals surface area contributed by atoms with Crippen LogP contribution in [0.5, 0.6) is 0 Å². The van der Waals surface area contributed by atoms with Gasteiger partial charge in [0.1, 0.15) is 12.7 Å². The van der Waals surface area contributed by atoms with Crippen LogP contribution in [0.25, 0.3) is 10.8 Å². The van der Waals surface area contributed by atoms with E-state index in [4.69, 9.17) is 4.74 Å². The van der Waals surface area contributed by atoms with Gasteiger partial charge in [0, 0.05) is 0 Å². The van der Waals surface area contributed by atoms with E-state index in [-0.39, 0.29) is 6.10 Å². The highest BCUT2D eigenvalue weighted by molar-refractivity contribution is 5.86. The van der Waals surface area contributed by atoms with Crippen LogP contribution < -0.4 is 0 Å². The lowest BCUT2D eigenvalue weighted by molar-refractivity contribution is 0.150. The molecule has 0 amide bonds. The molecule has 1 radical (unpaired) electrons. The van der Waals surface area contributed by atoms with Gasteiger partial charge in [0.05, 0.1) is 0 Å². The van der Waals surface area contributed by atoms with E-state index >= 15 is 0 Å². The van der Waals surface area contributed by atoms with E-state index in [0.717, 1.165) is 16.7 Å². The molecule has 4 aromatic rings. The average Bonchev–Trinajstić information content (AvgIpc) is 2.70. The van der Waals surface area contributed by atoms with Gasteiger partial charge < -0.3 is 4.74 Å². The van der Waals surface area contributed by atoms with Gasteiger partial charge in [0.2, 0.25) is 0 Å². The van der Waals surface area contributed by atoms with Crippen LogP contribution in [0.4, 0.5) is 0 Å². The first-order valence-corrected chi connectivity index (χ1v) is 8.48. The Morgan fingerprint density at radius 3 is 1.80 bits per heavy atom. The Hall–Kier alpha value is -2.90. The Morgan fingerprint density at radius 1 is 0.560 bits per heavy atom. The average molecular weight is 323 g/mol. The molecule has 0 spiro atoms. The van der Waals surface area contributed by atoms with Gasteiger partial charge >= 0.3 is 0 Å². The number of benzene rings is 4. The summed E-state index contributed by atoms with van der Waals surface area (Å²) < 4.78 is 6.28. The van der Waals surface area contributed by atoms with Gasteiger partial charge in [-0.15, -0.1) is 0 Å². The van der Waals surface area contributed by atoms with Crippen molar-refractivity contribution in [3.63, 3.8) is 0 Å². The third-order valence-corrected chi connectivity index (χ3v) is 4.36. The first kappa shape index (κ1) is 15.6. The zero-order chi connectivity index (χ0) is 16.9. The van der Waals surface area contributed by atoms with Gasteiger partial charge in [0.25, 0.3) is 0 Å². The fraction of sp³-hybridized carbons (Fsp3) is 0.0417. The fourth-order valence-corrected chi connectivity index (χ4v) is 3.10. The van der Waals surface area contributed by atoms with Gasteiger partial charge in [0.15, 0.2) is 0 Å². The van der Waals surface area contributed by atoms with Crippen LogP contribution in [0.3, 0.4) is 0 Å². The summed E-state index contributed by atoms with van der Waals surface area (Å²) in [7, 11) is 0. The van der Waals surface area contributed by atoms with Crippen LogP contribution in [0.2, 0.25) is 0 Å². The van der Waals surface area contributed by atoms with Gasteiger partial charge in [-0.05, 0) is 27.5 Å². The summed E-state index contributed by atoms with van der Waals surface area (Å²) in [6.07, 6.45) is -0.124. The molecule has 25 heavy (non-hydrogen) atoms. The zero-order valence-electron chi connectivity index (χ0n) is 13.9. The van der Waals surface area contributed by atoms with E-state index in [1.54, 1.807) is 0 Å². The minimum Gasteiger partial charge on any atom is -0.358 e. The highest BCUT2D eigenvalue weighted by atomic mass is 16.5. The Morgan fingerprint density at radius 2 is 1.12 bits per heavy atom. The molecule has 0 N–H and O–H groups in total. The summed E-state index contributed by atoms with van der Waals surface area (Å²) >= 11 is 0. The van der Waals surface area contributed by atoms with Gasteiger partial charge in [-0.25, -0.2) is 0 Å². The molecule has 1 nitrogen and oxygen atoms in total. The lowest BCUT2D eigenvalue weighted by Gasteiger charge is -2.19. The fourth-order valence-electron chi connectivity index (χ4n) is 3.10. The smallest absolute Gasteiger partial charge is 0.115 e. The number of fused-ring (bicyclic) bond motifs is 1. The van der Waals surface area contributed by atoms with Crippen molar-refractivity contribution in [1.29, 1.82) is 0 Å². The molecule has 0 aromatic heterocycles. The summed E-state index contributed by atoms with van der Waals surface area (Å²) in [5.74, 6) is 0. The molecule has 0 aliphatic heterocycles. The van der Waals surface area contributed by atoms with Crippen molar-refractivity contribution in [2.24, 2.45) is 0 Å². The van der Waals surface area contributed by atoms with Gasteiger partial charge in [-0.1, -0.05) is 103 Å². The SMILES string of the molecule is [CH](OC(c1ccccc1)c1ccccc1)c1cccc2ccccc12. The Balaban J connectivity index is 1.65. The summed E-state index contributed by atoms with van der Waals surface area (Å²) in [5, 5.41) is 2.42. The molecule has 0 aliphatic rings. The second-order valence-corrected chi connectivity index (χ2v) is 6.02. The van der Waals surface area contributed by atoms with Crippen LogP contribution >= 0.6 is 0 Å². The number of hydrogen-bond donors (Lipinski definition) is 0. The van der Waals surface area contributed by atoms with Crippen molar-refractivity contribution in [2.75, 3.05) is 0 Å². The van der Waals surface area contributed by atoms with Crippen molar-refractivity contribution in [3.05, 3.63) is 126 Å². The van der Waals surface area contributed by atoms with Crippen molar-refractivity contribution in [2.45, 2.75) is 6.10 Å². The number of ether oxygens (including phenoxy) is 1. The first-order valence-electron chi connectivity index (χ1n) is 8.48. The lowest BCUT2D eigenvalue weighted by atomic mass is 10.0. The molecular weight excluding hydrogens is 304 g/mol. The molecule has 0 aliphatic carbocycles. The molecular formula is C24H19O. The van der Waals surface area contributed by atoms with E-state index < -0.39 is 0 Å². The van der Waals surface area contributed by atoms with Crippen LogP contribution in [0, 0.1) is 6.61 Å². The molecule has 4 rings (SSSR count). The summed E-state index contributed by atoms with van der Waals surface area (Å²) in [6.45, 7) is 1.88. The molecule has 0 heterocycles. The third kappa shape index (κ3) is 3.47. The quantitative estimate of drug-likeness (QED) is 0.427. The molecule has 0 fully saturated rings. The lowest BCUT2D eigenvalue weighted by Crippen LogP contribution is -2.05. The Kier molecular flexibility index (Phi) is 4.58. The highest BCUT2D eigenvalue weighted by Crippen LogP contribution is 2.29. The van der Waals surface area contributed by atoms with Gasteiger partial charge in [-0.3, -0.25) is 0 Å². The predicted octanol–water partition coefficient (Wildman–Crippen LogP) is 6.16. The van der Waals surface area contributed by atoms with Crippen molar-refractivity contribution in [3.8, 4) is 0 Å². The minimum absolute atomic E-state index is 0.124. The summed E-state index contributed by atoms with van der Waals surface area (Å²) in [4.78, 5) is 0. The molecule has 0 saturated heterocycles. The molecule has 0 saturated carbocycles. The molecule has 0 atom stereocenters. The molecule has 0 bridgehead atoms.